The molecule has 0 amide bonds. The standard InChI is InChI=1S/C11H11F2N3/c12-9-1-2-11(13)8(3-9)6-16-7-15-5-10(16)4-14/h1-3,5,7H,4,6,14H2. The fourth-order valence-corrected chi connectivity index (χ4v) is 1.51. The van der Waals surface area contributed by atoms with E-state index in [0.717, 1.165) is 17.8 Å². The Hall–Kier alpha value is -1.75. The predicted octanol–water partition coefficient (Wildman–Crippen LogP) is 1.67. The summed E-state index contributed by atoms with van der Waals surface area (Å²) in [4.78, 5) is 3.91. The fourth-order valence-electron chi connectivity index (χ4n) is 1.51. The van der Waals surface area contributed by atoms with Crippen molar-refractivity contribution in [1.82, 2.24) is 9.55 Å². The molecule has 0 saturated carbocycles. The first-order valence-electron chi connectivity index (χ1n) is 4.83. The second kappa shape index (κ2) is 4.40. The van der Waals surface area contributed by atoms with Crippen molar-refractivity contribution >= 4 is 0 Å². The van der Waals surface area contributed by atoms with Crippen LogP contribution in [0.5, 0.6) is 0 Å². The van der Waals surface area contributed by atoms with Gasteiger partial charge in [0.15, 0.2) is 0 Å². The summed E-state index contributed by atoms with van der Waals surface area (Å²) in [5.74, 6) is -0.885. The van der Waals surface area contributed by atoms with Gasteiger partial charge >= 0.3 is 0 Å². The van der Waals surface area contributed by atoms with Crippen LogP contribution in [0.1, 0.15) is 11.3 Å². The third-order valence-corrected chi connectivity index (χ3v) is 2.36. The van der Waals surface area contributed by atoms with Gasteiger partial charge in [-0.2, -0.15) is 0 Å². The van der Waals surface area contributed by atoms with Crippen LogP contribution in [0.4, 0.5) is 8.78 Å². The van der Waals surface area contributed by atoms with Crippen molar-refractivity contribution in [3.63, 3.8) is 0 Å². The minimum atomic E-state index is -0.453. The Morgan fingerprint density at radius 2 is 2.12 bits per heavy atom. The van der Waals surface area contributed by atoms with E-state index in [2.05, 4.69) is 4.98 Å². The van der Waals surface area contributed by atoms with E-state index in [9.17, 15) is 8.78 Å². The normalized spacial score (nSPS) is 10.7. The quantitative estimate of drug-likeness (QED) is 0.860. The van der Waals surface area contributed by atoms with Crippen molar-refractivity contribution in [1.29, 1.82) is 0 Å². The van der Waals surface area contributed by atoms with Crippen LogP contribution in [0.15, 0.2) is 30.7 Å². The average molecular weight is 223 g/mol. The van der Waals surface area contributed by atoms with E-state index in [4.69, 9.17) is 5.73 Å². The Morgan fingerprint density at radius 1 is 1.31 bits per heavy atom. The van der Waals surface area contributed by atoms with Crippen molar-refractivity contribution in [3.05, 3.63) is 53.6 Å². The zero-order valence-electron chi connectivity index (χ0n) is 8.53. The summed E-state index contributed by atoms with van der Waals surface area (Å²) in [7, 11) is 0. The van der Waals surface area contributed by atoms with E-state index in [-0.39, 0.29) is 12.1 Å². The molecule has 16 heavy (non-hydrogen) atoms. The largest absolute Gasteiger partial charge is 0.329 e. The van der Waals surface area contributed by atoms with Crippen molar-refractivity contribution in [2.24, 2.45) is 5.73 Å². The van der Waals surface area contributed by atoms with Crippen LogP contribution in [0.2, 0.25) is 0 Å². The summed E-state index contributed by atoms with van der Waals surface area (Å²) in [5.41, 5.74) is 6.55. The first-order valence-corrected chi connectivity index (χ1v) is 4.83. The van der Waals surface area contributed by atoms with Crippen LogP contribution in [-0.4, -0.2) is 9.55 Å². The van der Waals surface area contributed by atoms with Crippen LogP contribution < -0.4 is 5.73 Å². The Bertz CT molecular complexity index is 494. The molecule has 3 nitrogen and oxygen atoms in total. The molecule has 0 aliphatic heterocycles. The molecule has 5 heteroatoms. The molecule has 0 aliphatic carbocycles. The molecule has 84 valence electrons. The highest BCUT2D eigenvalue weighted by Crippen LogP contribution is 2.12. The molecule has 2 aromatic rings. The molecule has 0 bridgehead atoms. The monoisotopic (exact) mass is 223 g/mol. The predicted molar refractivity (Wildman–Crippen MR) is 55.6 cm³/mol. The second-order valence-corrected chi connectivity index (χ2v) is 3.45. The Kier molecular flexibility index (Phi) is 2.96. The van der Waals surface area contributed by atoms with Crippen LogP contribution in [0.3, 0.4) is 0 Å². The summed E-state index contributed by atoms with van der Waals surface area (Å²) < 4.78 is 28.0. The zero-order valence-corrected chi connectivity index (χ0v) is 8.53. The lowest BCUT2D eigenvalue weighted by atomic mass is 10.2. The van der Waals surface area contributed by atoms with E-state index >= 15 is 0 Å². The number of nitrogens with two attached hydrogens (primary N) is 1. The number of rotatable bonds is 3. The van der Waals surface area contributed by atoms with Gasteiger partial charge in [0, 0.05) is 18.3 Å². The van der Waals surface area contributed by atoms with Gasteiger partial charge in [0.05, 0.1) is 18.6 Å². The second-order valence-electron chi connectivity index (χ2n) is 3.45. The Morgan fingerprint density at radius 3 is 2.88 bits per heavy atom. The molecule has 2 rings (SSSR count). The van der Waals surface area contributed by atoms with Gasteiger partial charge in [-0.05, 0) is 18.2 Å². The van der Waals surface area contributed by atoms with Gasteiger partial charge < -0.3 is 10.3 Å². The molecule has 0 unspecified atom stereocenters. The summed E-state index contributed by atoms with van der Waals surface area (Å²) in [6.07, 6.45) is 3.16. The summed E-state index contributed by atoms with van der Waals surface area (Å²) in [5, 5.41) is 0. The summed E-state index contributed by atoms with van der Waals surface area (Å²) >= 11 is 0. The molecule has 2 N–H and O–H groups in total. The van der Waals surface area contributed by atoms with Gasteiger partial charge in [0.25, 0.3) is 0 Å². The van der Waals surface area contributed by atoms with E-state index in [0.29, 0.717) is 6.54 Å². The third kappa shape index (κ3) is 2.09. The maximum atomic E-state index is 13.4. The third-order valence-electron chi connectivity index (χ3n) is 2.36. The van der Waals surface area contributed by atoms with Crippen LogP contribution in [0.25, 0.3) is 0 Å². The van der Waals surface area contributed by atoms with E-state index in [1.807, 2.05) is 0 Å². The van der Waals surface area contributed by atoms with Gasteiger partial charge in [-0.25, -0.2) is 13.8 Å². The van der Waals surface area contributed by atoms with E-state index in [1.54, 1.807) is 17.1 Å². The molecule has 1 aromatic carbocycles. The van der Waals surface area contributed by atoms with Crippen LogP contribution in [0, 0.1) is 11.6 Å². The molecule has 0 radical (unpaired) electrons. The first-order chi connectivity index (χ1) is 7.70. The minimum absolute atomic E-state index is 0.232. The number of benzene rings is 1. The van der Waals surface area contributed by atoms with Gasteiger partial charge in [-0.3, -0.25) is 0 Å². The van der Waals surface area contributed by atoms with Crippen molar-refractivity contribution in [3.8, 4) is 0 Å². The topological polar surface area (TPSA) is 43.8 Å². The SMILES string of the molecule is NCc1cncn1Cc1cc(F)ccc1F. The lowest BCUT2D eigenvalue weighted by Crippen LogP contribution is -2.08. The molecule has 0 aliphatic rings. The van der Waals surface area contributed by atoms with Crippen LogP contribution >= 0.6 is 0 Å². The highest BCUT2D eigenvalue weighted by atomic mass is 19.1. The summed E-state index contributed by atoms with van der Waals surface area (Å²) in [6, 6.07) is 3.38. The highest BCUT2D eigenvalue weighted by molar-refractivity contribution is 5.19. The van der Waals surface area contributed by atoms with Crippen molar-refractivity contribution in [2.75, 3.05) is 0 Å². The average Bonchev–Trinajstić information content (AvgIpc) is 2.71. The molecule has 0 atom stereocenters. The molecule has 1 heterocycles. The van der Waals surface area contributed by atoms with Crippen molar-refractivity contribution < 1.29 is 8.78 Å². The van der Waals surface area contributed by atoms with Gasteiger partial charge in [-0.15, -0.1) is 0 Å². The smallest absolute Gasteiger partial charge is 0.128 e. The zero-order chi connectivity index (χ0) is 11.5. The summed E-state index contributed by atoms with van der Waals surface area (Å²) in [6.45, 7) is 0.549. The molecule has 1 aromatic heterocycles. The molecule has 0 spiro atoms. The maximum Gasteiger partial charge on any atom is 0.128 e. The number of nitrogens with zero attached hydrogens (tertiary/aromatic N) is 2. The number of aromatic nitrogens is 2. The van der Waals surface area contributed by atoms with Crippen molar-refractivity contribution in [2.45, 2.75) is 13.1 Å². The first kappa shape index (κ1) is 10.8. The number of hydrogen-bond donors (Lipinski definition) is 1. The highest BCUT2D eigenvalue weighted by Gasteiger charge is 2.06. The number of imidazole rings is 1. The number of hydrogen-bond acceptors (Lipinski definition) is 2. The van der Waals surface area contributed by atoms with E-state index < -0.39 is 11.6 Å². The molecular weight excluding hydrogens is 212 g/mol. The Balaban J connectivity index is 2.30. The Labute approximate surface area is 91.5 Å². The number of halogens is 2. The van der Waals surface area contributed by atoms with Crippen LogP contribution in [-0.2, 0) is 13.1 Å². The van der Waals surface area contributed by atoms with Gasteiger partial charge in [0.2, 0.25) is 0 Å². The minimum Gasteiger partial charge on any atom is -0.329 e. The van der Waals surface area contributed by atoms with Gasteiger partial charge in [0.1, 0.15) is 11.6 Å². The molecule has 0 saturated heterocycles. The van der Waals surface area contributed by atoms with E-state index in [1.165, 1.54) is 6.07 Å². The lowest BCUT2D eigenvalue weighted by molar-refractivity contribution is 0.574. The fraction of sp³-hybridized carbons (Fsp3) is 0.182. The maximum absolute atomic E-state index is 13.4. The lowest BCUT2D eigenvalue weighted by Gasteiger charge is -2.07. The molecular formula is C11H11F2N3. The molecule has 0 fully saturated rings. The van der Waals surface area contributed by atoms with Gasteiger partial charge in [-0.1, -0.05) is 0 Å².